The van der Waals surface area contributed by atoms with E-state index in [1.807, 2.05) is 41.5 Å². The Kier molecular flexibility index (Phi) is 5.10. The summed E-state index contributed by atoms with van der Waals surface area (Å²) < 4.78 is 12.8. The Balaban J connectivity index is 0.00000155. The lowest BCUT2D eigenvalue weighted by Crippen LogP contribution is -2.50. The third-order valence-corrected chi connectivity index (χ3v) is 5.93. The second-order valence-electron chi connectivity index (χ2n) is 9.49. The normalized spacial score (nSPS) is 25.2. The molecule has 0 bridgehead atoms. The van der Waals surface area contributed by atoms with Crippen molar-refractivity contribution in [2.45, 2.75) is 72.8 Å². The van der Waals surface area contributed by atoms with Crippen molar-refractivity contribution in [1.29, 1.82) is 0 Å². The molecule has 158 valence electrons. The van der Waals surface area contributed by atoms with E-state index in [9.17, 15) is 9.59 Å². The van der Waals surface area contributed by atoms with Crippen LogP contribution in [0.15, 0.2) is 11.8 Å². The van der Waals surface area contributed by atoms with Crippen molar-refractivity contribution in [3.63, 3.8) is 0 Å². The van der Waals surface area contributed by atoms with Gasteiger partial charge in [-0.15, -0.1) is 0 Å². The Hall–Kier alpha value is -2.62. The van der Waals surface area contributed by atoms with E-state index in [0.29, 0.717) is 12.2 Å². The molecule has 0 aromatic carbocycles. The number of anilines is 1. The van der Waals surface area contributed by atoms with Crippen LogP contribution in [-0.2, 0) is 28.4 Å². The quantitative estimate of drug-likeness (QED) is 0.695. The summed E-state index contributed by atoms with van der Waals surface area (Å²) >= 11 is 0. The average molecular weight is 403 g/mol. The zero-order valence-corrected chi connectivity index (χ0v) is 18.6. The number of carbonyl (C=O) groups is 2. The first-order valence-corrected chi connectivity index (χ1v) is 9.52. The van der Waals surface area contributed by atoms with Crippen LogP contribution >= 0.6 is 0 Å². The van der Waals surface area contributed by atoms with E-state index in [4.69, 9.17) is 17.8 Å². The summed E-state index contributed by atoms with van der Waals surface area (Å²) in [7, 11) is 3.03. The highest BCUT2D eigenvalue weighted by Gasteiger charge is 2.55. The van der Waals surface area contributed by atoms with Crippen molar-refractivity contribution in [1.82, 2.24) is 9.78 Å². The van der Waals surface area contributed by atoms with E-state index in [-0.39, 0.29) is 17.4 Å². The van der Waals surface area contributed by atoms with Gasteiger partial charge in [-0.25, -0.2) is 9.64 Å². The number of aromatic nitrogens is 2. The predicted octanol–water partition coefficient (Wildman–Crippen LogP) is 4.64. The molecule has 1 aromatic rings. The lowest BCUT2D eigenvalue weighted by atomic mass is 9.53. The number of Topliss-reactive ketones (excluding diaryl/α,β-unsaturated/α-hetero) is 1. The first-order valence-electron chi connectivity index (χ1n) is 10.5. The summed E-state index contributed by atoms with van der Waals surface area (Å²) in [5.74, 6) is 0.544. The second kappa shape index (κ2) is 7.01. The van der Waals surface area contributed by atoms with Gasteiger partial charge in [0, 0.05) is 24.8 Å². The van der Waals surface area contributed by atoms with Crippen LogP contribution in [0.25, 0.3) is 4.85 Å². The fraction of sp³-hybridized carbons (Fsp3) is 0.636. The molecule has 1 aromatic heterocycles. The van der Waals surface area contributed by atoms with E-state index >= 15 is 0 Å². The van der Waals surface area contributed by atoms with Crippen LogP contribution in [0.1, 0.15) is 68.0 Å². The van der Waals surface area contributed by atoms with Crippen LogP contribution in [0.2, 0.25) is 0 Å². The van der Waals surface area contributed by atoms with Gasteiger partial charge in [0.05, 0.1) is 12.3 Å². The Morgan fingerprint density at radius 3 is 2.62 bits per heavy atom. The van der Waals surface area contributed by atoms with Crippen molar-refractivity contribution >= 4 is 17.7 Å². The molecule has 1 heterocycles. The van der Waals surface area contributed by atoms with E-state index in [0.717, 1.165) is 17.7 Å². The number of nitrogens with one attached hydrogen (secondary N) is 1. The fourth-order valence-corrected chi connectivity index (χ4v) is 4.75. The summed E-state index contributed by atoms with van der Waals surface area (Å²) in [6.45, 7) is 18.8. The average Bonchev–Trinajstić information content (AvgIpc) is 2.95. The molecule has 3 rings (SSSR count). The minimum Gasteiger partial charge on any atom is -0.444 e. The molecular weight excluding hydrogens is 368 g/mol. The second-order valence-corrected chi connectivity index (χ2v) is 9.49. The van der Waals surface area contributed by atoms with Gasteiger partial charge in [0.15, 0.2) is 5.78 Å². The molecule has 7 heteroatoms. The molecule has 0 fully saturated rings. The molecule has 29 heavy (non-hydrogen) atoms. The van der Waals surface area contributed by atoms with Gasteiger partial charge in [-0.05, 0) is 39.5 Å². The zero-order chi connectivity index (χ0) is 23.1. The third kappa shape index (κ3) is 3.57. The van der Waals surface area contributed by atoms with Crippen LogP contribution < -0.4 is 5.32 Å². The molecule has 1 N–H and O–H groups in total. The molecule has 0 radical (unpaired) electrons. The van der Waals surface area contributed by atoms with Crippen LogP contribution in [0.4, 0.5) is 10.6 Å². The van der Waals surface area contributed by atoms with Crippen molar-refractivity contribution in [2.75, 3.05) is 5.32 Å². The number of amides is 1. The number of allylic oxidation sites excluding steroid dienone is 2. The molecule has 1 amide bonds. The molecule has 0 saturated heterocycles. The number of nitrogens with zero attached hydrogens (tertiary/aromatic N) is 3. The lowest BCUT2D eigenvalue weighted by molar-refractivity contribution is -0.128. The van der Waals surface area contributed by atoms with Gasteiger partial charge in [0.1, 0.15) is 11.4 Å². The number of carbonyl (C=O) groups excluding carboxylic acids is 2. The minimum atomic E-state index is -0.642. The maximum Gasteiger partial charge on any atom is 0.413 e. The molecule has 0 spiro atoms. The van der Waals surface area contributed by atoms with Gasteiger partial charge in [0.25, 0.3) is 0 Å². The highest BCUT2D eigenvalue weighted by molar-refractivity contribution is 6.02. The van der Waals surface area contributed by atoms with Crippen LogP contribution in [0.5, 0.6) is 0 Å². The number of aryl methyl sites for hydroxylation is 1. The number of fused-ring (bicyclic) bond motifs is 3. The van der Waals surface area contributed by atoms with E-state index < -0.39 is 22.5 Å². The smallest absolute Gasteiger partial charge is 0.413 e. The summed E-state index contributed by atoms with van der Waals surface area (Å²) in [4.78, 5) is 28.5. The summed E-state index contributed by atoms with van der Waals surface area (Å²) in [6, 6.07) is 0. The Morgan fingerprint density at radius 1 is 1.45 bits per heavy atom. The highest BCUT2D eigenvalue weighted by atomic mass is 16.6. The maximum absolute atomic E-state index is 12.8. The largest absolute Gasteiger partial charge is 0.444 e. The lowest BCUT2D eigenvalue weighted by Gasteiger charge is -2.49. The molecule has 2 aliphatic rings. The van der Waals surface area contributed by atoms with E-state index in [1.54, 1.807) is 17.8 Å². The highest BCUT2D eigenvalue weighted by Crippen LogP contribution is 2.55. The monoisotopic (exact) mass is 402 g/mol. The van der Waals surface area contributed by atoms with Gasteiger partial charge in [-0.3, -0.25) is 10.00 Å². The molecule has 0 saturated carbocycles. The standard InChI is InChI=1S/C21H28N4O3.CH4/c1-19(2,3)28-18(27)23-17-12-9-10-14-20(4,5)16(26)13(22-7)11-21(14,6)15(12)24-25(17)8;/h11,14H,9-10H2,1-6,8H3,(H,23,27);1H4/t14-,21-;/m0./s1/i;1T. The summed E-state index contributed by atoms with van der Waals surface area (Å²) in [5.41, 5.74) is 0.148. The fourth-order valence-electron chi connectivity index (χ4n) is 4.75. The first-order chi connectivity index (χ1) is 13.8. The van der Waals surface area contributed by atoms with Crippen LogP contribution in [0, 0.1) is 17.9 Å². The van der Waals surface area contributed by atoms with Crippen molar-refractivity contribution < 1.29 is 15.7 Å². The van der Waals surface area contributed by atoms with Gasteiger partial charge >= 0.3 is 6.09 Å². The Morgan fingerprint density at radius 2 is 2.07 bits per heavy atom. The predicted molar refractivity (Wildman–Crippen MR) is 112 cm³/mol. The summed E-state index contributed by atoms with van der Waals surface area (Å²) in [5, 5.41) is 7.54. The number of hydrogen-bond acceptors (Lipinski definition) is 4. The van der Waals surface area contributed by atoms with Gasteiger partial charge < -0.3 is 9.53 Å². The molecule has 2 atom stereocenters. The Bertz CT molecular complexity index is 933. The van der Waals surface area contributed by atoms with Crippen LogP contribution in [0.3, 0.4) is 0 Å². The van der Waals surface area contributed by atoms with Crippen molar-refractivity contribution in [3.8, 4) is 0 Å². The first kappa shape index (κ1) is 21.1. The maximum atomic E-state index is 12.8. The number of hydrogen-bond donors (Lipinski definition) is 1. The van der Waals surface area contributed by atoms with Gasteiger partial charge in [-0.1, -0.05) is 34.2 Å². The number of rotatable bonds is 1. The van der Waals surface area contributed by atoms with Gasteiger partial charge in [-0.2, -0.15) is 5.10 Å². The van der Waals surface area contributed by atoms with Gasteiger partial charge in [0.2, 0.25) is 5.70 Å². The molecule has 0 unspecified atom stereocenters. The molecular formula is C22H32N4O3. The van der Waals surface area contributed by atoms with E-state index in [1.165, 1.54) is 7.40 Å². The minimum absolute atomic E-state index is 0.0368. The zero-order valence-electron chi connectivity index (χ0n) is 19.6. The topological polar surface area (TPSA) is 77.6 Å². The SMILES string of the molecule is [3H]C.[C-]#[N+]C1=C[C@]2(C)c3nn(C)c(NC(=O)OC(C)(C)C)c3CC[C@H]2C(C)(C)C1=O. The number of ether oxygens (including phenoxy) is 1. The van der Waals surface area contributed by atoms with Crippen LogP contribution in [-0.4, -0.2) is 27.3 Å². The number of ketones is 1. The molecule has 2 aliphatic carbocycles. The Labute approximate surface area is 174 Å². The third-order valence-electron chi connectivity index (χ3n) is 5.93. The molecule has 7 nitrogen and oxygen atoms in total. The van der Waals surface area contributed by atoms with Crippen molar-refractivity contribution in [2.24, 2.45) is 18.4 Å². The van der Waals surface area contributed by atoms with E-state index in [2.05, 4.69) is 10.2 Å². The van der Waals surface area contributed by atoms with Crippen molar-refractivity contribution in [3.05, 3.63) is 34.4 Å². The molecule has 0 aliphatic heterocycles. The summed E-state index contributed by atoms with van der Waals surface area (Å²) in [6.07, 6.45) is 2.73.